The van der Waals surface area contributed by atoms with Crippen molar-refractivity contribution in [3.05, 3.63) is 34.9 Å². The van der Waals surface area contributed by atoms with Crippen LogP contribution in [0.1, 0.15) is 58.0 Å². The van der Waals surface area contributed by atoms with Crippen molar-refractivity contribution in [2.75, 3.05) is 35.5 Å². The molecule has 1 aliphatic carbocycles. The minimum Gasteiger partial charge on any atom is -0.493 e. The molecule has 11 nitrogen and oxygen atoms in total. The summed E-state index contributed by atoms with van der Waals surface area (Å²) in [5.41, 5.74) is -0.695. The molecule has 0 bridgehead atoms. The van der Waals surface area contributed by atoms with Crippen molar-refractivity contribution in [3.8, 4) is 45.6 Å². The number of allylic oxidation sites excluding steroid dienone is 1. The van der Waals surface area contributed by atoms with Crippen molar-refractivity contribution < 1.29 is 53.0 Å². The Hall–Kier alpha value is -3.96. The van der Waals surface area contributed by atoms with E-state index in [2.05, 4.69) is 0 Å². The lowest BCUT2D eigenvalue weighted by Gasteiger charge is -2.43. The van der Waals surface area contributed by atoms with E-state index in [-0.39, 0.29) is 56.8 Å². The maximum absolute atomic E-state index is 13.2. The lowest BCUT2D eigenvalue weighted by Crippen LogP contribution is -2.45. The van der Waals surface area contributed by atoms with Crippen LogP contribution < -0.4 is 28.4 Å². The van der Waals surface area contributed by atoms with Gasteiger partial charge in [0.1, 0.15) is 5.60 Å². The van der Waals surface area contributed by atoms with Crippen LogP contribution in [0.5, 0.6) is 34.5 Å². The summed E-state index contributed by atoms with van der Waals surface area (Å²) in [4.78, 5) is 25.6. The molecule has 0 aliphatic heterocycles. The molecule has 2 aromatic carbocycles. The molecule has 1 unspecified atom stereocenters. The van der Waals surface area contributed by atoms with E-state index in [1.54, 1.807) is 32.9 Å². The fourth-order valence-corrected chi connectivity index (χ4v) is 4.99. The van der Waals surface area contributed by atoms with Gasteiger partial charge in [0.25, 0.3) is 0 Å². The van der Waals surface area contributed by atoms with Gasteiger partial charge in [-0.2, -0.15) is 0 Å². The minimum atomic E-state index is -1.85. The first kappa shape index (κ1) is 31.6. The minimum absolute atomic E-state index is 0.0376. The van der Waals surface area contributed by atoms with Crippen molar-refractivity contribution in [1.29, 1.82) is 0 Å². The number of hydrogen-bond acceptors (Lipinski definition) is 11. The molecule has 2 aromatic rings. The van der Waals surface area contributed by atoms with Gasteiger partial charge in [-0.3, -0.25) is 4.79 Å². The summed E-state index contributed by atoms with van der Waals surface area (Å²) in [6.45, 7) is 7.54. The monoisotopic (exact) mass is 574 g/mol. The highest BCUT2D eigenvalue weighted by Crippen LogP contribution is 2.60. The van der Waals surface area contributed by atoms with E-state index in [0.29, 0.717) is 5.57 Å². The van der Waals surface area contributed by atoms with E-state index in [0.717, 1.165) is 0 Å². The molecule has 0 radical (unpaired) electrons. The summed E-state index contributed by atoms with van der Waals surface area (Å²) >= 11 is 0. The van der Waals surface area contributed by atoms with Gasteiger partial charge in [-0.05, 0) is 38.5 Å². The van der Waals surface area contributed by atoms with Crippen molar-refractivity contribution >= 4 is 11.9 Å². The number of aliphatic hydroxyl groups is 2. The van der Waals surface area contributed by atoms with Gasteiger partial charge in [0.05, 0.1) is 41.7 Å². The van der Waals surface area contributed by atoms with E-state index in [4.69, 9.17) is 33.2 Å². The van der Waals surface area contributed by atoms with Crippen molar-refractivity contribution in [3.63, 3.8) is 0 Å². The van der Waals surface area contributed by atoms with Gasteiger partial charge in [-0.25, -0.2) is 4.79 Å². The second kappa shape index (κ2) is 12.3. The lowest BCUT2D eigenvalue weighted by atomic mass is 9.71. The van der Waals surface area contributed by atoms with Crippen LogP contribution in [0.25, 0.3) is 11.1 Å². The first-order valence-electron chi connectivity index (χ1n) is 12.9. The molecule has 2 N–H and O–H groups in total. The topological polar surface area (TPSA) is 139 Å². The number of benzene rings is 2. The first-order valence-corrected chi connectivity index (χ1v) is 12.9. The third-order valence-corrected chi connectivity index (χ3v) is 7.53. The summed E-state index contributed by atoms with van der Waals surface area (Å²) in [7, 11) is 7.03. The van der Waals surface area contributed by atoms with Gasteiger partial charge in [-0.15, -0.1) is 0 Å². The number of ether oxygens (including phenoxy) is 7. The molecule has 0 aromatic heterocycles. The predicted molar refractivity (Wildman–Crippen MR) is 149 cm³/mol. The van der Waals surface area contributed by atoms with Gasteiger partial charge in [0.15, 0.2) is 29.1 Å². The van der Waals surface area contributed by atoms with Gasteiger partial charge < -0.3 is 43.4 Å². The van der Waals surface area contributed by atoms with E-state index in [1.165, 1.54) is 55.5 Å². The Morgan fingerprint density at radius 1 is 0.829 bits per heavy atom. The molecule has 0 heterocycles. The van der Waals surface area contributed by atoms with Gasteiger partial charge >= 0.3 is 11.9 Å². The van der Waals surface area contributed by atoms with Gasteiger partial charge in [0, 0.05) is 35.1 Å². The number of esters is 2. The molecule has 224 valence electrons. The Kier molecular flexibility index (Phi) is 9.45. The Bertz CT molecular complexity index is 1360. The summed E-state index contributed by atoms with van der Waals surface area (Å²) in [5.74, 6) is -1.69. The van der Waals surface area contributed by atoms with E-state index < -0.39 is 35.7 Å². The smallest absolute Gasteiger partial charge is 0.338 e. The first-order chi connectivity index (χ1) is 19.3. The molecule has 1 aliphatic rings. The second-order valence-electron chi connectivity index (χ2n) is 9.82. The molecular weight excluding hydrogens is 536 g/mol. The van der Waals surface area contributed by atoms with Crippen LogP contribution in [0.15, 0.2) is 23.8 Å². The Balaban J connectivity index is 2.73. The van der Waals surface area contributed by atoms with Crippen molar-refractivity contribution in [1.82, 2.24) is 0 Å². The molecule has 3 rings (SSSR count). The highest BCUT2D eigenvalue weighted by molar-refractivity contribution is 5.95. The summed E-state index contributed by atoms with van der Waals surface area (Å²) < 4.78 is 40.0. The van der Waals surface area contributed by atoms with E-state index in [9.17, 15) is 19.8 Å². The van der Waals surface area contributed by atoms with E-state index >= 15 is 0 Å². The van der Waals surface area contributed by atoms with Crippen LogP contribution in [0.3, 0.4) is 0 Å². The fourth-order valence-electron chi connectivity index (χ4n) is 4.99. The summed E-state index contributed by atoms with van der Waals surface area (Å²) in [5, 5.41) is 23.7. The maximum Gasteiger partial charge on any atom is 0.338 e. The van der Waals surface area contributed by atoms with Crippen molar-refractivity contribution in [2.45, 2.75) is 52.4 Å². The van der Waals surface area contributed by atoms with Crippen LogP contribution in [-0.4, -0.2) is 63.3 Å². The van der Waals surface area contributed by atoms with Crippen LogP contribution in [-0.2, 0) is 14.3 Å². The molecule has 0 saturated heterocycles. The Morgan fingerprint density at radius 2 is 1.32 bits per heavy atom. The molecule has 0 spiro atoms. The zero-order chi connectivity index (χ0) is 30.8. The molecular formula is C30H38O11. The molecule has 41 heavy (non-hydrogen) atoms. The van der Waals surface area contributed by atoms with Crippen LogP contribution in [0.4, 0.5) is 0 Å². The Labute approximate surface area is 239 Å². The normalized spacial score (nSPS) is 21.9. The zero-order valence-electron chi connectivity index (χ0n) is 25.0. The molecule has 0 amide bonds. The largest absolute Gasteiger partial charge is 0.493 e. The second-order valence-corrected chi connectivity index (χ2v) is 9.82. The highest BCUT2D eigenvalue weighted by atomic mass is 16.6. The van der Waals surface area contributed by atoms with Crippen LogP contribution in [0.2, 0.25) is 0 Å². The SMILES string of the molecule is C/C=C(\C)C(=O)Oc1c(OC)c(OC)cc2c1-c1c(cc(OC)c(OC)c1OC)[C@H](O)[C@H](C)[C@](C)(O)C2OC(C)=O. The Morgan fingerprint density at radius 3 is 1.78 bits per heavy atom. The number of hydrogen-bond donors (Lipinski definition) is 2. The maximum atomic E-state index is 13.2. The molecule has 11 heteroatoms. The van der Waals surface area contributed by atoms with Crippen LogP contribution >= 0.6 is 0 Å². The molecule has 0 fully saturated rings. The zero-order valence-corrected chi connectivity index (χ0v) is 25.0. The van der Waals surface area contributed by atoms with Gasteiger partial charge in [-0.1, -0.05) is 13.0 Å². The lowest BCUT2D eigenvalue weighted by molar-refractivity contribution is -0.176. The van der Waals surface area contributed by atoms with Gasteiger partial charge in [0.2, 0.25) is 11.5 Å². The molecule has 0 saturated carbocycles. The summed E-state index contributed by atoms with van der Waals surface area (Å²) in [6, 6.07) is 3.09. The standard InChI is InChI=1S/C30H38O11/c1-11-14(2)29(33)41-27-22-18(13-20(36-7)25(27)38-9)28(40-16(4)31)30(5,34)15(3)23(32)17-12-19(35-6)24(37-8)26(39-10)21(17)22/h11-13,15,23,28,32,34H,1-10H3/b14-11+/t15-,23+,28?,30-/m0/s1. The third-order valence-electron chi connectivity index (χ3n) is 7.53. The summed E-state index contributed by atoms with van der Waals surface area (Å²) in [6.07, 6.45) is -1.14. The average Bonchev–Trinajstić information content (AvgIpc) is 2.96. The number of methoxy groups -OCH3 is 5. The predicted octanol–water partition coefficient (Wildman–Crippen LogP) is 4.31. The number of fused-ring (bicyclic) bond motifs is 3. The van der Waals surface area contributed by atoms with Crippen LogP contribution in [0, 0.1) is 5.92 Å². The third kappa shape index (κ3) is 5.39. The highest BCUT2D eigenvalue weighted by Gasteiger charge is 2.50. The fraction of sp³-hybridized carbons (Fsp3) is 0.467. The van der Waals surface area contributed by atoms with E-state index in [1.807, 2.05) is 0 Å². The molecule has 4 atom stereocenters. The quantitative estimate of drug-likeness (QED) is 0.265. The number of rotatable bonds is 8. The number of carbonyl (C=O) groups is 2. The van der Waals surface area contributed by atoms with Crippen molar-refractivity contribution in [2.24, 2.45) is 5.92 Å². The number of aliphatic hydroxyl groups excluding tert-OH is 1. The average molecular weight is 575 g/mol. The number of carbonyl (C=O) groups excluding carboxylic acids is 2.